The topological polar surface area (TPSA) is 29.1 Å². The number of hydrogen-bond donors (Lipinski definition) is 1. The molecule has 0 saturated heterocycles. The lowest BCUT2D eigenvalue weighted by atomic mass is 9.97. The molecule has 1 aliphatic rings. The van der Waals surface area contributed by atoms with Crippen LogP contribution in [0.2, 0.25) is 0 Å². The van der Waals surface area contributed by atoms with Crippen molar-refractivity contribution in [3.05, 3.63) is 63.4 Å². The Morgan fingerprint density at radius 3 is 2.57 bits per heavy atom. The molecule has 2 nitrogen and oxygen atoms in total. The van der Waals surface area contributed by atoms with Crippen molar-refractivity contribution in [1.29, 1.82) is 0 Å². The zero-order chi connectivity index (χ0) is 15.0. The summed E-state index contributed by atoms with van der Waals surface area (Å²) in [6, 6.07) is 11.0. The molecular weight excluding hydrogens is 401 g/mol. The third kappa shape index (κ3) is 3.04. The van der Waals surface area contributed by atoms with Crippen molar-refractivity contribution in [3.8, 4) is 0 Å². The number of fused-ring (bicyclic) bond motifs is 1. The predicted octanol–water partition coefficient (Wildman–Crippen LogP) is 4.96. The number of hydrogen-bond acceptors (Lipinski definition) is 1. The number of amides is 1. The van der Waals surface area contributed by atoms with Gasteiger partial charge in [0, 0.05) is 12.1 Å². The number of halogens is 3. The minimum atomic E-state index is -0.276. The molecule has 1 atom stereocenters. The van der Waals surface area contributed by atoms with Gasteiger partial charge in [0.1, 0.15) is 5.82 Å². The van der Waals surface area contributed by atoms with Crippen LogP contribution in [0.1, 0.15) is 27.9 Å². The maximum absolute atomic E-state index is 13.7. The molecule has 2 aromatic rings. The van der Waals surface area contributed by atoms with Crippen LogP contribution in [-0.2, 0) is 11.2 Å². The SMILES string of the molecule is O=C1CCc2cc(C(Br)c3ccc(Br)c(F)c3)ccc2N1. The van der Waals surface area contributed by atoms with Crippen LogP contribution in [0.4, 0.5) is 10.1 Å². The monoisotopic (exact) mass is 411 g/mol. The van der Waals surface area contributed by atoms with Crippen molar-refractivity contribution in [1.82, 2.24) is 0 Å². The molecule has 1 aliphatic heterocycles. The molecule has 1 amide bonds. The molecule has 0 radical (unpaired) electrons. The Hall–Kier alpha value is -1.20. The first-order valence-corrected chi connectivity index (χ1v) is 8.27. The number of nitrogens with one attached hydrogen (secondary N) is 1. The summed E-state index contributed by atoms with van der Waals surface area (Å²) in [6.07, 6.45) is 1.25. The van der Waals surface area contributed by atoms with Gasteiger partial charge in [-0.1, -0.05) is 34.1 Å². The fourth-order valence-corrected chi connectivity index (χ4v) is 3.24. The Kier molecular flexibility index (Phi) is 4.13. The van der Waals surface area contributed by atoms with Crippen LogP contribution < -0.4 is 5.32 Å². The minimum absolute atomic E-state index is 0.0561. The average Bonchev–Trinajstić information content (AvgIpc) is 2.49. The number of anilines is 1. The van der Waals surface area contributed by atoms with E-state index in [1.165, 1.54) is 6.07 Å². The zero-order valence-corrected chi connectivity index (χ0v) is 14.2. The van der Waals surface area contributed by atoms with E-state index in [1.807, 2.05) is 18.2 Å². The number of carbonyl (C=O) groups excluding carboxylic acids is 1. The lowest BCUT2D eigenvalue weighted by molar-refractivity contribution is -0.116. The Morgan fingerprint density at radius 2 is 1.81 bits per heavy atom. The van der Waals surface area contributed by atoms with E-state index in [1.54, 1.807) is 6.07 Å². The first kappa shape index (κ1) is 14.7. The normalized spacial score (nSPS) is 15.3. The maximum Gasteiger partial charge on any atom is 0.224 e. The maximum atomic E-state index is 13.7. The van der Waals surface area contributed by atoms with Crippen LogP contribution in [0.3, 0.4) is 0 Å². The van der Waals surface area contributed by atoms with Crippen molar-refractivity contribution in [3.63, 3.8) is 0 Å². The van der Waals surface area contributed by atoms with Crippen molar-refractivity contribution in [2.45, 2.75) is 17.7 Å². The third-order valence-electron chi connectivity index (χ3n) is 3.55. The molecule has 1 unspecified atom stereocenters. The smallest absolute Gasteiger partial charge is 0.224 e. The van der Waals surface area contributed by atoms with Gasteiger partial charge in [0.2, 0.25) is 5.91 Å². The van der Waals surface area contributed by atoms with Crippen molar-refractivity contribution in [2.75, 3.05) is 5.32 Å². The van der Waals surface area contributed by atoms with Gasteiger partial charge in [-0.2, -0.15) is 0 Å². The lowest BCUT2D eigenvalue weighted by Gasteiger charge is -2.19. The standard InChI is InChI=1S/C16H12Br2FNO/c17-12-4-1-11(8-13(12)19)16(18)10-2-5-14-9(7-10)3-6-15(21)20-14/h1-2,4-5,7-8,16H,3,6H2,(H,20,21). The summed E-state index contributed by atoms with van der Waals surface area (Å²) in [7, 11) is 0. The van der Waals surface area contributed by atoms with Crippen LogP contribution in [0, 0.1) is 5.82 Å². The highest BCUT2D eigenvalue weighted by molar-refractivity contribution is 9.10. The van der Waals surface area contributed by atoms with Gasteiger partial charge >= 0.3 is 0 Å². The molecule has 0 bridgehead atoms. The number of rotatable bonds is 2. The Bertz CT molecular complexity index is 717. The minimum Gasteiger partial charge on any atom is -0.326 e. The van der Waals surface area contributed by atoms with Crippen molar-refractivity contribution < 1.29 is 9.18 Å². The van der Waals surface area contributed by atoms with Crippen LogP contribution in [-0.4, -0.2) is 5.91 Å². The molecule has 21 heavy (non-hydrogen) atoms. The van der Waals surface area contributed by atoms with Crippen LogP contribution in [0.15, 0.2) is 40.9 Å². The van der Waals surface area contributed by atoms with E-state index in [4.69, 9.17) is 0 Å². The summed E-state index contributed by atoms with van der Waals surface area (Å²) in [5.41, 5.74) is 3.90. The quantitative estimate of drug-likeness (QED) is 0.694. The van der Waals surface area contributed by atoms with E-state index < -0.39 is 0 Å². The molecule has 1 heterocycles. The molecule has 108 valence electrons. The Morgan fingerprint density at radius 1 is 1.10 bits per heavy atom. The van der Waals surface area contributed by atoms with Crippen molar-refractivity contribution in [2.24, 2.45) is 0 Å². The first-order chi connectivity index (χ1) is 10.0. The van der Waals surface area contributed by atoms with E-state index >= 15 is 0 Å². The van der Waals surface area contributed by atoms with Gasteiger partial charge in [0.15, 0.2) is 0 Å². The van der Waals surface area contributed by atoms with Gasteiger partial charge in [-0.05, 0) is 57.2 Å². The van der Waals surface area contributed by atoms with Gasteiger partial charge in [-0.15, -0.1) is 0 Å². The van der Waals surface area contributed by atoms with Crippen LogP contribution in [0.5, 0.6) is 0 Å². The second kappa shape index (κ2) is 5.89. The Labute approximate surface area is 139 Å². The molecule has 0 aromatic heterocycles. The molecule has 0 spiro atoms. The lowest BCUT2D eigenvalue weighted by Crippen LogP contribution is -2.19. The van der Waals surface area contributed by atoms with Crippen LogP contribution >= 0.6 is 31.9 Å². The summed E-state index contributed by atoms with van der Waals surface area (Å²) < 4.78 is 14.1. The van der Waals surface area contributed by atoms with E-state index in [9.17, 15) is 9.18 Å². The Balaban J connectivity index is 1.93. The molecule has 5 heteroatoms. The van der Waals surface area contributed by atoms with Gasteiger partial charge in [-0.25, -0.2) is 4.39 Å². The highest BCUT2D eigenvalue weighted by Gasteiger charge is 2.18. The van der Waals surface area contributed by atoms with Gasteiger partial charge < -0.3 is 5.32 Å². The highest BCUT2D eigenvalue weighted by Crippen LogP contribution is 2.35. The third-order valence-corrected chi connectivity index (χ3v) is 5.25. The van der Waals surface area contributed by atoms with E-state index in [0.717, 1.165) is 28.8 Å². The molecule has 0 saturated carbocycles. The summed E-state index contributed by atoms with van der Waals surface area (Å²) >= 11 is 6.78. The van der Waals surface area contributed by atoms with Crippen molar-refractivity contribution >= 4 is 43.5 Å². The molecule has 1 N–H and O–H groups in total. The molecule has 3 rings (SSSR count). The first-order valence-electron chi connectivity index (χ1n) is 6.56. The number of carbonyl (C=O) groups is 1. The van der Waals surface area contributed by atoms with Crippen LogP contribution in [0.25, 0.3) is 0 Å². The molecule has 0 fully saturated rings. The van der Waals surface area contributed by atoms with E-state index in [2.05, 4.69) is 43.2 Å². The number of benzene rings is 2. The predicted molar refractivity (Wildman–Crippen MR) is 88.3 cm³/mol. The number of alkyl halides is 1. The van der Waals surface area contributed by atoms with E-state index in [-0.39, 0.29) is 16.6 Å². The van der Waals surface area contributed by atoms with Gasteiger partial charge in [-0.3, -0.25) is 4.79 Å². The van der Waals surface area contributed by atoms with E-state index in [0.29, 0.717) is 10.9 Å². The highest BCUT2D eigenvalue weighted by atomic mass is 79.9. The second-order valence-electron chi connectivity index (χ2n) is 5.00. The molecule has 0 aliphatic carbocycles. The number of aryl methyl sites for hydroxylation is 1. The molecular formula is C16H12Br2FNO. The summed E-state index contributed by atoms with van der Waals surface area (Å²) in [6.45, 7) is 0. The summed E-state index contributed by atoms with van der Waals surface area (Å²) in [5.74, 6) is -0.220. The molecule has 2 aromatic carbocycles. The largest absolute Gasteiger partial charge is 0.326 e. The fourth-order valence-electron chi connectivity index (χ4n) is 2.42. The summed E-state index contributed by atoms with van der Waals surface area (Å²) in [4.78, 5) is 11.3. The van der Waals surface area contributed by atoms with Gasteiger partial charge in [0.05, 0.1) is 9.30 Å². The summed E-state index contributed by atoms with van der Waals surface area (Å²) in [5, 5.41) is 2.86. The van der Waals surface area contributed by atoms with Gasteiger partial charge in [0.25, 0.3) is 0 Å². The average molecular weight is 413 g/mol. The zero-order valence-electron chi connectivity index (χ0n) is 11.0. The second-order valence-corrected chi connectivity index (χ2v) is 6.77. The fraction of sp³-hybridized carbons (Fsp3) is 0.188.